The van der Waals surface area contributed by atoms with E-state index >= 15 is 0 Å². The third-order valence-electron chi connectivity index (χ3n) is 6.85. The molecule has 0 bridgehead atoms. The van der Waals surface area contributed by atoms with Crippen LogP contribution in [0, 0.1) is 0 Å². The second kappa shape index (κ2) is 10.5. The Labute approximate surface area is 227 Å². The first-order valence-corrected chi connectivity index (χ1v) is 13.0. The van der Waals surface area contributed by atoms with Gasteiger partial charge in [0.25, 0.3) is 0 Å². The monoisotopic (exact) mass is 515 g/mol. The van der Waals surface area contributed by atoms with Crippen molar-refractivity contribution in [3.05, 3.63) is 108 Å². The molecule has 2 aromatic heterocycles. The number of benzene rings is 4. The Bertz CT molecular complexity index is 1750. The first-order chi connectivity index (χ1) is 19.2. The molecule has 6 aromatic rings. The number of aromatic nitrogens is 3. The first-order valence-electron chi connectivity index (χ1n) is 13.0. The molecule has 0 fully saturated rings. The van der Waals surface area contributed by atoms with Crippen molar-refractivity contribution in [3.8, 4) is 34.2 Å². The van der Waals surface area contributed by atoms with Gasteiger partial charge in [0.1, 0.15) is 5.75 Å². The van der Waals surface area contributed by atoms with Crippen LogP contribution in [0.3, 0.4) is 0 Å². The zero-order valence-electron chi connectivity index (χ0n) is 22.2. The Kier molecular flexibility index (Phi) is 6.59. The number of methoxy groups -OCH3 is 2. The molecule has 0 amide bonds. The van der Waals surface area contributed by atoms with Crippen LogP contribution in [0.1, 0.15) is 18.2 Å². The fourth-order valence-electron chi connectivity index (χ4n) is 5.04. The van der Waals surface area contributed by atoms with E-state index < -0.39 is 0 Å². The van der Waals surface area contributed by atoms with Crippen molar-refractivity contribution in [1.82, 2.24) is 14.8 Å². The van der Waals surface area contributed by atoms with Gasteiger partial charge in [-0.25, -0.2) is 9.67 Å². The average Bonchev–Trinajstić information content (AvgIpc) is 3.35. The summed E-state index contributed by atoms with van der Waals surface area (Å²) < 4.78 is 19.1. The third kappa shape index (κ3) is 4.55. The van der Waals surface area contributed by atoms with Crippen molar-refractivity contribution < 1.29 is 14.2 Å². The molecule has 194 valence electrons. The molecule has 6 nitrogen and oxygen atoms in total. The van der Waals surface area contributed by atoms with Gasteiger partial charge in [-0.3, -0.25) is 0 Å². The molecule has 0 saturated heterocycles. The highest BCUT2D eigenvalue weighted by Crippen LogP contribution is 2.41. The van der Waals surface area contributed by atoms with Gasteiger partial charge in [-0.2, -0.15) is 5.10 Å². The molecule has 39 heavy (non-hydrogen) atoms. The molecule has 0 saturated carbocycles. The predicted octanol–water partition coefficient (Wildman–Crippen LogP) is 7.25. The van der Waals surface area contributed by atoms with Crippen LogP contribution >= 0.6 is 0 Å². The van der Waals surface area contributed by atoms with Gasteiger partial charge in [-0.15, -0.1) is 0 Å². The van der Waals surface area contributed by atoms with Gasteiger partial charge in [-0.05, 0) is 61.0 Å². The number of para-hydroxylation sites is 1. The predicted molar refractivity (Wildman–Crippen MR) is 155 cm³/mol. The zero-order valence-corrected chi connectivity index (χ0v) is 22.2. The average molecular weight is 516 g/mol. The minimum absolute atomic E-state index is 0.615. The van der Waals surface area contributed by atoms with Crippen LogP contribution < -0.4 is 14.2 Å². The lowest BCUT2D eigenvalue weighted by Gasteiger charge is -2.14. The van der Waals surface area contributed by atoms with Gasteiger partial charge in [-0.1, -0.05) is 48.5 Å². The Morgan fingerprint density at radius 1 is 0.744 bits per heavy atom. The van der Waals surface area contributed by atoms with Gasteiger partial charge in [0, 0.05) is 22.8 Å². The molecule has 6 heteroatoms. The quantitative estimate of drug-likeness (QED) is 0.214. The van der Waals surface area contributed by atoms with E-state index in [0.717, 1.165) is 50.2 Å². The summed E-state index contributed by atoms with van der Waals surface area (Å²) in [6.07, 6.45) is 0.671. The number of pyridine rings is 1. The maximum atomic E-state index is 5.74. The Morgan fingerprint density at radius 3 is 2.03 bits per heavy atom. The fraction of sp³-hybridized carbons (Fsp3) is 0.152. The summed E-state index contributed by atoms with van der Waals surface area (Å²) in [5.74, 6) is 2.14. The Morgan fingerprint density at radius 2 is 1.38 bits per heavy atom. The highest BCUT2D eigenvalue weighted by atomic mass is 16.5. The van der Waals surface area contributed by atoms with Gasteiger partial charge in [0.15, 0.2) is 17.1 Å². The molecular formula is C33H29N3O3. The smallest absolute Gasteiger partial charge is 0.164 e. The largest absolute Gasteiger partial charge is 0.494 e. The minimum Gasteiger partial charge on any atom is -0.494 e. The van der Waals surface area contributed by atoms with Crippen LogP contribution in [0.15, 0.2) is 97.1 Å². The van der Waals surface area contributed by atoms with Crippen molar-refractivity contribution in [1.29, 1.82) is 0 Å². The number of hydrogen-bond acceptors (Lipinski definition) is 5. The van der Waals surface area contributed by atoms with E-state index in [1.807, 2.05) is 72.3 Å². The van der Waals surface area contributed by atoms with Crippen LogP contribution in [-0.2, 0) is 6.42 Å². The van der Waals surface area contributed by atoms with Gasteiger partial charge >= 0.3 is 0 Å². The summed E-state index contributed by atoms with van der Waals surface area (Å²) in [4.78, 5) is 5.28. The topological polar surface area (TPSA) is 58.4 Å². The van der Waals surface area contributed by atoms with Crippen molar-refractivity contribution in [2.24, 2.45) is 0 Å². The van der Waals surface area contributed by atoms with Crippen LogP contribution in [0.2, 0.25) is 0 Å². The molecule has 0 unspecified atom stereocenters. The fourth-order valence-corrected chi connectivity index (χ4v) is 5.04. The summed E-state index contributed by atoms with van der Waals surface area (Å²) in [6, 6.07) is 32.6. The lowest BCUT2D eigenvalue weighted by molar-refractivity contribution is 0.340. The minimum atomic E-state index is 0.615. The van der Waals surface area contributed by atoms with Gasteiger partial charge in [0.2, 0.25) is 0 Å². The molecule has 0 N–H and O–H groups in total. The second-order valence-electron chi connectivity index (χ2n) is 9.23. The van der Waals surface area contributed by atoms with E-state index in [-0.39, 0.29) is 0 Å². The Balaban J connectivity index is 1.70. The summed E-state index contributed by atoms with van der Waals surface area (Å²) >= 11 is 0. The summed E-state index contributed by atoms with van der Waals surface area (Å²) in [7, 11) is 3.31. The number of fused-ring (bicyclic) bond motifs is 3. The van der Waals surface area contributed by atoms with Gasteiger partial charge < -0.3 is 14.2 Å². The van der Waals surface area contributed by atoms with E-state index in [9.17, 15) is 0 Å². The van der Waals surface area contributed by atoms with Crippen LogP contribution in [0.5, 0.6) is 17.2 Å². The zero-order chi connectivity index (χ0) is 26.8. The van der Waals surface area contributed by atoms with E-state index in [4.69, 9.17) is 24.3 Å². The van der Waals surface area contributed by atoms with Crippen LogP contribution in [0.25, 0.3) is 38.8 Å². The van der Waals surface area contributed by atoms with E-state index in [1.54, 1.807) is 14.2 Å². The molecule has 0 aliphatic rings. The van der Waals surface area contributed by atoms with Crippen LogP contribution in [-0.4, -0.2) is 35.6 Å². The molecular weight excluding hydrogens is 486 g/mol. The van der Waals surface area contributed by atoms with Crippen molar-refractivity contribution in [2.45, 2.75) is 13.3 Å². The van der Waals surface area contributed by atoms with Crippen molar-refractivity contribution in [3.63, 3.8) is 0 Å². The second-order valence-corrected chi connectivity index (χ2v) is 9.23. The molecule has 0 aliphatic heterocycles. The maximum absolute atomic E-state index is 5.74. The molecule has 0 radical (unpaired) electrons. The normalized spacial score (nSPS) is 11.2. The maximum Gasteiger partial charge on any atom is 0.164 e. The number of rotatable bonds is 8. The number of hydrogen-bond donors (Lipinski definition) is 0. The molecule has 0 aliphatic carbocycles. The first kappa shape index (κ1) is 24.5. The van der Waals surface area contributed by atoms with Crippen molar-refractivity contribution in [2.75, 3.05) is 20.8 Å². The standard InChI is InChI=1S/C33H29N3O3/c1-4-39-25-17-15-23(16-18-25)32-27-21-30(38-3)29(37-2)20-26(27)31-28(19-22-11-7-5-8-12-22)35-36(33(31)34-32)24-13-9-6-10-14-24/h5-18,20-21H,4,19H2,1-3H3. The third-order valence-corrected chi connectivity index (χ3v) is 6.85. The Hall–Kier alpha value is -4.84. The molecule has 0 atom stereocenters. The lowest BCUT2D eigenvalue weighted by Crippen LogP contribution is -1.99. The van der Waals surface area contributed by atoms with Gasteiger partial charge in [0.05, 0.1) is 43.3 Å². The van der Waals surface area contributed by atoms with Crippen molar-refractivity contribution >= 4 is 21.8 Å². The van der Waals surface area contributed by atoms with E-state index in [1.165, 1.54) is 5.56 Å². The highest BCUT2D eigenvalue weighted by Gasteiger charge is 2.22. The van der Waals surface area contributed by atoms with E-state index in [2.05, 4.69) is 36.4 Å². The molecule has 0 spiro atoms. The summed E-state index contributed by atoms with van der Waals surface area (Å²) in [5.41, 5.74) is 5.68. The SMILES string of the molecule is CCOc1ccc(-c2nc3c(c(Cc4ccccc4)nn3-c3ccccc3)c3cc(OC)c(OC)cc23)cc1. The summed E-state index contributed by atoms with van der Waals surface area (Å²) in [6.45, 7) is 2.60. The number of ether oxygens (including phenoxy) is 3. The molecule has 6 rings (SSSR count). The number of nitrogens with zero attached hydrogens (tertiary/aromatic N) is 3. The van der Waals surface area contributed by atoms with Crippen LogP contribution in [0.4, 0.5) is 0 Å². The highest BCUT2D eigenvalue weighted by molar-refractivity contribution is 6.12. The summed E-state index contributed by atoms with van der Waals surface area (Å²) in [5, 5.41) is 8.11. The molecule has 4 aromatic carbocycles. The lowest BCUT2D eigenvalue weighted by atomic mass is 9.98. The van der Waals surface area contributed by atoms with E-state index in [0.29, 0.717) is 24.5 Å². The molecule has 2 heterocycles.